The van der Waals surface area contributed by atoms with Crippen molar-refractivity contribution in [1.82, 2.24) is 10.2 Å². The van der Waals surface area contributed by atoms with Crippen LogP contribution in [-0.2, 0) is 4.74 Å². The van der Waals surface area contributed by atoms with Crippen molar-refractivity contribution in [2.75, 3.05) is 13.1 Å². The Bertz CT molecular complexity index is 273. The van der Waals surface area contributed by atoms with Crippen LogP contribution < -0.4 is 5.32 Å². The monoisotopic (exact) mass is 256 g/mol. The van der Waals surface area contributed by atoms with Gasteiger partial charge in [0.2, 0.25) is 0 Å². The Morgan fingerprint density at radius 2 is 2.17 bits per heavy atom. The van der Waals surface area contributed by atoms with Gasteiger partial charge in [-0.15, -0.1) is 0 Å². The van der Waals surface area contributed by atoms with Gasteiger partial charge in [-0.25, -0.2) is 4.79 Å². The van der Waals surface area contributed by atoms with Crippen LogP contribution >= 0.6 is 0 Å². The van der Waals surface area contributed by atoms with Gasteiger partial charge in [0.1, 0.15) is 5.60 Å². The summed E-state index contributed by atoms with van der Waals surface area (Å²) in [7, 11) is 0. The van der Waals surface area contributed by atoms with E-state index in [0.29, 0.717) is 12.1 Å². The number of carbonyl (C=O) groups is 1. The average molecular weight is 256 g/mol. The van der Waals surface area contributed by atoms with E-state index in [4.69, 9.17) is 4.74 Å². The van der Waals surface area contributed by atoms with E-state index in [9.17, 15) is 4.79 Å². The number of amides is 1. The smallest absolute Gasteiger partial charge is 0.410 e. The van der Waals surface area contributed by atoms with Crippen molar-refractivity contribution in [1.29, 1.82) is 0 Å². The molecular formula is C14H28N2O2. The highest BCUT2D eigenvalue weighted by atomic mass is 16.6. The Balaban J connectivity index is 2.45. The lowest BCUT2D eigenvalue weighted by molar-refractivity contribution is 0.0184. The van der Waals surface area contributed by atoms with E-state index < -0.39 is 5.60 Å². The van der Waals surface area contributed by atoms with Gasteiger partial charge in [0.15, 0.2) is 0 Å². The van der Waals surface area contributed by atoms with Gasteiger partial charge in [0, 0.05) is 25.2 Å². The summed E-state index contributed by atoms with van der Waals surface area (Å²) in [4.78, 5) is 13.8. The zero-order chi connectivity index (χ0) is 13.8. The van der Waals surface area contributed by atoms with Crippen LogP contribution in [0.2, 0.25) is 0 Å². The molecule has 18 heavy (non-hydrogen) atoms. The summed E-state index contributed by atoms with van der Waals surface area (Å²) >= 11 is 0. The molecule has 106 valence electrons. The first-order chi connectivity index (χ1) is 8.31. The zero-order valence-corrected chi connectivity index (χ0v) is 12.5. The third-order valence-corrected chi connectivity index (χ3v) is 3.21. The predicted octanol–water partition coefficient (Wildman–Crippen LogP) is 2.77. The van der Waals surface area contributed by atoms with E-state index in [0.717, 1.165) is 32.4 Å². The molecule has 0 aromatic heterocycles. The van der Waals surface area contributed by atoms with Crippen molar-refractivity contribution in [2.45, 2.75) is 71.6 Å². The van der Waals surface area contributed by atoms with Gasteiger partial charge in [0.25, 0.3) is 0 Å². The largest absolute Gasteiger partial charge is 0.444 e. The fourth-order valence-corrected chi connectivity index (χ4v) is 2.13. The average Bonchev–Trinajstić information content (AvgIpc) is 2.27. The van der Waals surface area contributed by atoms with Crippen LogP contribution in [0.1, 0.15) is 53.9 Å². The van der Waals surface area contributed by atoms with E-state index in [1.807, 2.05) is 25.7 Å². The number of hydrogen-bond acceptors (Lipinski definition) is 3. The molecule has 4 nitrogen and oxygen atoms in total. The first kappa shape index (κ1) is 15.3. The number of nitrogens with one attached hydrogen (secondary N) is 1. The molecule has 0 aromatic rings. The highest BCUT2D eigenvalue weighted by molar-refractivity contribution is 5.68. The number of carbonyl (C=O) groups excluding carboxylic acids is 1. The lowest BCUT2D eigenvalue weighted by atomic mass is 10.0. The summed E-state index contributed by atoms with van der Waals surface area (Å²) in [6.07, 6.45) is 3.12. The molecule has 2 atom stereocenters. The van der Waals surface area contributed by atoms with Crippen LogP contribution in [0.3, 0.4) is 0 Å². The zero-order valence-electron chi connectivity index (χ0n) is 12.5. The fraction of sp³-hybridized carbons (Fsp3) is 0.929. The molecule has 1 saturated heterocycles. The minimum absolute atomic E-state index is 0.182. The summed E-state index contributed by atoms with van der Waals surface area (Å²) in [5, 5.41) is 3.57. The molecule has 0 bridgehead atoms. The second kappa shape index (κ2) is 6.41. The molecule has 1 aliphatic rings. The molecule has 1 rings (SSSR count). The van der Waals surface area contributed by atoms with Crippen LogP contribution in [0.5, 0.6) is 0 Å². The Labute approximate surface area is 111 Å². The third-order valence-electron chi connectivity index (χ3n) is 3.21. The molecular weight excluding hydrogens is 228 g/mol. The lowest BCUT2D eigenvalue weighted by Gasteiger charge is -2.35. The van der Waals surface area contributed by atoms with E-state index in [1.165, 1.54) is 0 Å². The molecule has 0 radical (unpaired) electrons. The van der Waals surface area contributed by atoms with Crippen molar-refractivity contribution in [2.24, 2.45) is 0 Å². The summed E-state index contributed by atoms with van der Waals surface area (Å²) in [5.41, 5.74) is -0.409. The molecule has 0 aromatic carbocycles. The maximum absolute atomic E-state index is 12.0. The molecule has 1 unspecified atom stereocenters. The topological polar surface area (TPSA) is 41.6 Å². The van der Waals surface area contributed by atoms with E-state index in [-0.39, 0.29) is 6.09 Å². The summed E-state index contributed by atoms with van der Waals surface area (Å²) in [6, 6.07) is 0.912. The second-order valence-electron chi connectivity index (χ2n) is 6.24. The predicted molar refractivity (Wildman–Crippen MR) is 73.7 cm³/mol. The lowest BCUT2D eigenvalue weighted by Crippen LogP contribution is -2.51. The van der Waals surface area contributed by atoms with Crippen molar-refractivity contribution >= 4 is 6.09 Å². The van der Waals surface area contributed by atoms with Gasteiger partial charge in [-0.2, -0.15) is 0 Å². The Morgan fingerprint density at radius 3 is 2.72 bits per heavy atom. The fourth-order valence-electron chi connectivity index (χ4n) is 2.13. The first-order valence-electron chi connectivity index (χ1n) is 7.05. The highest BCUT2D eigenvalue weighted by Crippen LogP contribution is 2.15. The Morgan fingerprint density at radius 1 is 1.50 bits per heavy atom. The quantitative estimate of drug-likeness (QED) is 0.844. The van der Waals surface area contributed by atoms with Crippen molar-refractivity contribution in [3.05, 3.63) is 0 Å². The van der Waals surface area contributed by atoms with Crippen LogP contribution in [0.25, 0.3) is 0 Å². The molecule has 0 saturated carbocycles. The maximum atomic E-state index is 12.0. The van der Waals surface area contributed by atoms with Crippen LogP contribution in [0.15, 0.2) is 0 Å². The Kier molecular flexibility index (Phi) is 5.45. The molecule has 1 amide bonds. The molecule has 1 heterocycles. The van der Waals surface area contributed by atoms with E-state index in [2.05, 4.69) is 19.2 Å². The van der Waals surface area contributed by atoms with E-state index in [1.54, 1.807) is 0 Å². The Hall–Kier alpha value is -0.770. The molecule has 0 spiro atoms. The third kappa shape index (κ3) is 5.25. The molecule has 4 heteroatoms. The minimum Gasteiger partial charge on any atom is -0.444 e. The number of likely N-dealkylation sites (tertiary alicyclic amines) is 1. The second-order valence-corrected chi connectivity index (χ2v) is 6.24. The van der Waals surface area contributed by atoms with Crippen molar-refractivity contribution in [3.63, 3.8) is 0 Å². The van der Waals surface area contributed by atoms with Crippen molar-refractivity contribution < 1.29 is 9.53 Å². The molecule has 1 aliphatic heterocycles. The van der Waals surface area contributed by atoms with Gasteiger partial charge in [0.05, 0.1) is 0 Å². The van der Waals surface area contributed by atoms with Gasteiger partial charge in [-0.1, -0.05) is 6.92 Å². The summed E-state index contributed by atoms with van der Waals surface area (Å²) in [5.74, 6) is 0. The normalized spacial score (nSPS) is 22.7. The number of nitrogens with zero attached hydrogens (tertiary/aromatic N) is 1. The minimum atomic E-state index is -0.409. The van der Waals surface area contributed by atoms with Gasteiger partial charge in [-0.05, 0) is 47.0 Å². The number of rotatable bonds is 3. The van der Waals surface area contributed by atoms with Crippen molar-refractivity contribution in [3.8, 4) is 0 Å². The molecule has 1 N–H and O–H groups in total. The standard InChI is InChI=1S/C14H28N2O2/c1-6-11(2)15-12-8-7-9-16(10-12)13(17)18-14(3,4)5/h11-12,15H,6-10H2,1-5H3/t11?,12-/m1/s1. The van der Waals surface area contributed by atoms with Crippen LogP contribution in [0, 0.1) is 0 Å². The van der Waals surface area contributed by atoms with E-state index >= 15 is 0 Å². The van der Waals surface area contributed by atoms with Gasteiger partial charge < -0.3 is 15.0 Å². The van der Waals surface area contributed by atoms with Gasteiger partial charge in [-0.3, -0.25) is 0 Å². The maximum Gasteiger partial charge on any atom is 0.410 e. The summed E-state index contributed by atoms with van der Waals surface area (Å²) in [6.45, 7) is 11.7. The van der Waals surface area contributed by atoms with Crippen LogP contribution in [-0.4, -0.2) is 41.8 Å². The number of hydrogen-bond donors (Lipinski definition) is 1. The van der Waals surface area contributed by atoms with Crippen LogP contribution in [0.4, 0.5) is 4.79 Å². The highest BCUT2D eigenvalue weighted by Gasteiger charge is 2.27. The molecule has 1 fully saturated rings. The SMILES string of the molecule is CCC(C)N[C@@H]1CCCN(C(=O)OC(C)(C)C)C1. The number of piperidine rings is 1. The number of ether oxygens (including phenoxy) is 1. The first-order valence-corrected chi connectivity index (χ1v) is 7.05. The summed E-state index contributed by atoms with van der Waals surface area (Å²) < 4.78 is 5.42. The van der Waals surface area contributed by atoms with Gasteiger partial charge >= 0.3 is 6.09 Å². The molecule has 0 aliphatic carbocycles.